The Morgan fingerprint density at radius 2 is 2.24 bits per heavy atom. The highest BCUT2D eigenvalue weighted by Crippen LogP contribution is 2.54. The first-order valence-corrected chi connectivity index (χ1v) is 7.64. The third-order valence-electron chi connectivity index (χ3n) is 5.05. The second-order valence-electron chi connectivity index (χ2n) is 6.10. The summed E-state index contributed by atoms with van der Waals surface area (Å²) in [5, 5.41) is 11.4. The van der Waals surface area contributed by atoms with Crippen LogP contribution in [-0.2, 0) is 4.74 Å². The highest BCUT2D eigenvalue weighted by atomic mass is 35.5. The standard InChI is InChI=1S/C15H18ClNO4/c16-10-3-8(4-11-13(10)20-7-19-11)14(18)15(6-17)5-9-1-2-12(15)21-9/h3-4,9,12,14,18H,1-2,5-7,17H2. The van der Waals surface area contributed by atoms with Crippen molar-refractivity contribution in [1.82, 2.24) is 0 Å². The second-order valence-corrected chi connectivity index (χ2v) is 6.51. The summed E-state index contributed by atoms with van der Waals surface area (Å²) >= 11 is 6.21. The third-order valence-corrected chi connectivity index (χ3v) is 5.33. The Bertz CT molecular complexity index is 581. The molecule has 114 valence electrons. The topological polar surface area (TPSA) is 73.9 Å². The molecule has 2 fully saturated rings. The Kier molecular flexibility index (Phi) is 3.08. The number of aliphatic hydroxyl groups excluding tert-OH is 1. The van der Waals surface area contributed by atoms with Crippen molar-refractivity contribution in [3.63, 3.8) is 0 Å². The van der Waals surface area contributed by atoms with Gasteiger partial charge < -0.3 is 25.1 Å². The lowest BCUT2D eigenvalue weighted by atomic mass is 9.68. The molecule has 6 heteroatoms. The molecular weight excluding hydrogens is 294 g/mol. The van der Waals surface area contributed by atoms with Gasteiger partial charge >= 0.3 is 0 Å². The van der Waals surface area contributed by atoms with E-state index in [1.54, 1.807) is 12.1 Å². The van der Waals surface area contributed by atoms with Crippen LogP contribution in [0.3, 0.4) is 0 Å². The highest BCUT2D eigenvalue weighted by Gasteiger charge is 2.55. The number of ether oxygens (including phenoxy) is 3. The van der Waals surface area contributed by atoms with Crippen LogP contribution in [0.1, 0.15) is 30.9 Å². The number of hydrogen-bond donors (Lipinski definition) is 2. The number of aliphatic hydroxyl groups is 1. The van der Waals surface area contributed by atoms with E-state index in [4.69, 9.17) is 31.5 Å². The summed E-state index contributed by atoms with van der Waals surface area (Å²) in [5.41, 5.74) is 6.30. The number of benzene rings is 1. The molecule has 0 radical (unpaired) electrons. The zero-order chi connectivity index (χ0) is 14.6. The molecule has 0 saturated carbocycles. The van der Waals surface area contributed by atoms with Crippen LogP contribution in [0, 0.1) is 5.41 Å². The minimum absolute atomic E-state index is 0.0201. The van der Waals surface area contributed by atoms with Gasteiger partial charge in [0.1, 0.15) is 0 Å². The van der Waals surface area contributed by atoms with Crippen molar-refractivity contribution in [2.75, 3.05) is 13.3 Å². The summed E-state index contributed by atoms with van der Waals surface area (Å²) in [6, 6.07) is 3.53. The van der Waals surface area contributed by atoms with Gasteiger partial charge in [0.2, 0.25) is 6.79 Å². The Hall–Kier alpha value is -1.01. The average Bonchev–Trinajstić information content (AvgIpc) is 3.20. The van der Waals surface area contributed by atoms with E-state index >= 15 is 0 Å². The van der Waals surface area contributed by atoms with Crippen LogP contribution in [0.4, 0.5) is 0 Å². The predicted molar refractivity (Wildman–Crippen MR) is 76.5 cm³/mol. The molecule has 3 aliphatic heterocycles. The number of fused-ring (bicyclic) bond motifs is 3. The predicted octanol–water partition coefficient (Wildman–Crippen LogP) is 2.00. The van der Waals surface area contributed by atoms with Gasteiger partial charge in [0.15, 0.2) is 11.5 Å². The zero-order valence-electron chi connectivity index (χ0n) is 11.5. The van der Waals surface area contributed by atoms with Crippen LogP contribution in [0.25, 0.3) is 0 Å². The first-order chi connectivity index (χ1) is 10.1. The average molecular weight is 312 g/mol. The van der Waals surface area contributed by atoms with Crippen molar-refractivity contribution in [2.24, 2.45) is 11.1 Å². The number of nitrogens with two attached hydrogens (primary N) is 1. The van der Waals surface area contributed by atoms with E-state index in [1.165, 1.54) is 0 Å². The first kappa shape index (κ1) is 13.6. The summed E-state index contributed by atoms with van der Waals surface area (Å²) in [4.78, 5) is 0. The Morgan fingerprint density at radius 3 is 2.90 bits per heavy atom. The van der Waals surface area contributed by atoms with Crippen molar-refractivity contribution >= 4 is 11.6 Å². The summed E-state index contributed by atoms with van der Waals surface area (Å²) in [5.74, 6) is 1.12. The molecule has 2 bridgehead atoms. The monoisotopic (exact) mass is 311 g/mol. The molecule has 3 aliphatic rings. The molecule has 1 aromatic carbocycles. The van der Waals surface area contributed by atoms with E-state index in [0.29, 0.717) is 28.6 Å². The summed E-state index contributed by atoms with van der Waals surface area (Å²) < 4.78 is 16.6. The van der Waals surface area contributed by atoms with Crippen molar-refractivity contribution in [2.45, 2.75) is 37.6 Å². The van der Waals surface area contributed by atoms with Crippen LogP contribution in [0.5, 0.6) is 11.5 Å². The number of halogens is 1. The molecule has 1 aromatic rings. The maximum Gasteiger partial charge on any atom is 0.231 e. The Labute approximate surface area is 127 Å². The van der Waals surface area contributed by atoms with Crippen LogP contribution in [0.15, 0.2) is 12.1 Å². The lowest BCUT2D eigenvalue weighted by molar-refractivity contribution is -0.0264. The molecule has 2 saturated heterocycles. The van der Waals surface area contributed by atoms with Gasteiger partial charge in [-0.2, -0.15) is 0 Å². The fourth-order valence-electron chi connectivity index (χ4n) is 3.93. The van der Waals surface area contributed by atoms with Gasteiger partial charge in [0, 0.05) is 12.0 Å². The van der Waals surface area contributed by atoms with Crippen molar-refractivity contribution in [1.29, 1.82) is 0 Å². The molecule has 4 rings (SSSR count). The number of hydrogen-bond acceptors (Lipinski definition) is 5. The SMILES string of the molecule is NCC1(C(O)c2cc(Cl)c3c(c2)OCO3)CC2CCC1O2. The van der Waals surface area contributed by atoms with Gasteiger partial charge in [-0.1, -0.05) is 11.6 Å². The van der Waals surface area contributed by atoms with Gasteiger partial charge in [-0.15, -0.1) is 0 Å². The molecule has 3 N–H and O–H groups in total. The van der Waals surface area contributed by atoms with Crippen LogP contribution in [-0.4, -0.2) is 30.7 Å². The van der Waals surface area contributed by atoms with Crippen LogP contribution >= 0.6 is 11.6 Å². The van der Waals surface area contributed by atoms with E-state index in [9.17, 15) is 5.11 Å². The van der Waals surface area contributed by atoms with Crippen LogP contribution < -0.4 is 15.2 Å². The van der Waals surface area contributed by atoms with E-state index in [-0.39, 0.29) is 19.0 Å². The molecule has 0 aliphatic carbocycles. The molecule has 0 amide bonds. The minimum atomic E-state index is -0.718. The van der Waals surface area contributed by atoms with Crippen molar-refractivity contribution in [3.8, 4) is 11.5 Å². The molecule has 5 nitrogen and oxygen atoms in total. The maximum atomic E-state index is 10.9. The van der Waals surface area contributed by atoms with Crippen LogP contribution in [0.2, 0.25) is 5.02 Å². The minimum Gasteiger partial charge on any atom is -0.454 e. The molecule has 4 atom stereocenters. The van der Waals surface area contributed by atoms with Gasteiger partial charge in [0.05, 0.1) is 23.3 Å². The first-order valence-electron chi connectivity index (χ1n) is 7.27. The largest absolute Gasteiger partial charge is 0.454 e. The van der Waals surface area contributed by atoms with Crippen molar-refractivity contribution in [3.05, 3.63) is 22.7 Å². The molecule has 0 aromatic heterocycles. The number of rotatable bonds is 3. The summed E-state index contributed by atoms with van der Waals surface area (Å²) in [6.07, 6.45) is 2.33. The quantitative estimate of drug-likeness (QED) is 0.893. The Morgan fingerprint density at radius 1 is 1.38 bits per heavy atom. The second kappa shape index (κ2) is 4.74. The fourth-order valence-corrected chi connectivity index (χ4v) is 4.20. The lowest BCUT2D eigenvalue weighted by Gasteiger charge is -2.38. The van der Waals surface area contributed by atoms with Crippen molar-refractivity contribution < 1.29 is 19.3 Å². The lowest BCUT2D eigenvalue weighted by Crippen LogP contribution is -2.44. The normalized spacial score (nSPS) is 34.4. The zero-order valence-corrected chi connectivity index (χ0v) is 12.3. The summed E-state index contributed by atoms with van der Waals surface area (Å²) in [7, 11) is 0. The summed E-state index contributed by atoms with van der Waals surface area (Å²) in [6.45, 7) is 0.547. The smallest absolute Gasteiger partial charge is 0.231 e. The van der Waals surface area contributed by atoms with E-state index in [1.807, 2.05) is 0 Å². The maximum absolute atomic E-state index is 10.9. The highest BCUT2D eigenvalue weighted by molar-refractivity contribution is 6.32. The van der Waals surface area contributed by atoms with E-state index < -0.39 is 11.5 Å². The Balaban J connectivity index is 1.71. The van der Waals surface area contributed by atoms with E-state index in [0.717, 1.165) is 19.3 Å². The van der Waals surface area contributed by atoms with Gasteiger partial charge in [-0.3, -0.25) is 0 Å². The van der Waals surface area contributed by atoms with E-state index in [2.05, 4.69) is 0 Å². The molecule has 0 spiro atoms. The van der Waals surface area contributed by atoms with Gasteiger partial charge in [-0.05, 0) is 37.0 Å². The van der Waals surface area contributed by atoms with Gasteiger partial charge in [-0.25, -0.2) is 0 Å². The molecule has 21 heavy (non-hydrogen) atoms. The third kappa shape index (κ3) is 1.88. The molecule has 3 heterocycles. The molecule has 4 unspecified atom stereocenters. The molecular formula is C15H18ClNO4. The fraction of sp³-hybridized carbons (Fsp3) is 0.600. The van der Waals surface area contributed by atoms with Gasteiger partial charge in [0.25, 0.3) is 0 Å².